The van der Waals surface area contributed by atoms with Crippen LogP contribution in [0.4, 0.5) is 4.39 Å². The molecule has 4 rings (SSSR count). The third-order valence-electron chi connectivity index (χ3n) is 6.81. The Bertz CT molecular complexity index is 803. The van der Waals surface area contributed by atoms with Crippen molar-refractivity contribution in [3.05, 3.63) is 65.7 Å². The molecule has 0 spiro atoms. The molecule has 2 aliphatic carbocycles. The molecule has 4 heteroatoms. The van der Waals surface area contributed by atoms with E-state index in [2.05, 4.69) is 31.1 Å². The van der Waals surface area contributed by atoms with Crippen molar-refractivity contribution in [1.82, 2.24) is 10.3 Å². The average molecular weight is 352 g/mol. The van der Waals surface area contributed by atoms with E-state index in [9.17, 15) is 9.18 Å². The second-order valence-corrected chi connectivity index (χ2v) is 8.42. The van der Waals surface area contributed by atoms with Gasteiger partial charge >= 0.3 is 0 Å². The van der Waals surface area contributed by atoms with Gasteiger partial charge in [-0.2, -0.15) is 0 Å². The number of benzene rings is 1. The number of aromatic nitrogens is 1. The average Bonchev–Trinajstić information content (AvgIpc) is 2.63. The molecule has 26 heavy (non-hydrogen) atoms. The Morgan fingerprint density at radius 1 is 1.19 bits per heavy atom. The molecule has 2 fully saturated rings. The maximum atomic E-state index is 13.3. The van der Waals surface area contributed by atoms with Crippen LogP contribution in [0.25, 0.3) is 0 Å². The lowest BCUT2D eigenvalue weighted by molar-refractivity contribution is -0.139. The first-order chi connectivity index (χ1) is 12.4. The van der Waals surface area contributed by atoms with Crippen LogP contribution in [0.2, 0.25) is 0 Å². The number of pyridine rings is 1. The van der Waals surface area contributed by atoms with Crippen molar-refractivity contribution in [3.63, 3.8) is 0 Å². The van der Waals surface area contributed by atoms with Gasteiger partial charge in [0, 0.05) is 12.2 Å². The highest BCUT2D eigenvalue weighted by molar-refractivity contribution is 5.92. The Hall–Kier alpha value is -2.23. The van der Waals surface area contributed by atoms with Gasteiger partial charge in [0.25, 0.3) is 5.91 Å². The summed E-state index contributed by atoms with van der Waals surface area (Å²) in [5.41, 5.74) is 1.93. The zero-order chi connectivity index (χ0) is 18.5. The summed E-state index contributed by atoms with van der Waals surface area (Å²) in [6, 6.07) is 12.5. The molecule has 5 atom stereocenters. The summed E-state index contributed by atoms with van der Waals surface area (Å²) in [6.07, 6.45) is 2.59. The molecule has 0 aliphatic heterocycles. The molecule has 3 nitrogen and oxygen atoms in total. The highest BCUT2D eigenvalue weighted by Crippen LogP contribution is 2.68. The normalized spacial score (nSPS) is 31.8. The number of hydrogen-bond donors (Lipinski definition) is 1. The number of nitrogens with zero attached hydrogens (tertiary/aromatic N) is 1. The Morgan fingerprint density at radius 2 is 1.92 bits per heavy atom. The fraction of sp³-hybridized carbons (Fsp3) is 0.455. The van der Waals surface area contributed by atoms with Crippen LogP contribution in [-0.2, 0) is 0 Å². The number of nitrogens with one attached hydrogen (secondary N) is 1. The monoisotopic (exact) mass is 352 g/mol. The lowest BCUT2D eigenvalue weighted by atomic mass is 9.38. The minimum atomic E-state index is -0.189. The van der Waals surface area contributed by atoms with Crippen LogP contribution in [0.1, 0.15) is 49.2 Å². The largest absolute Gasteiger partial charge is 0.348 e. The van der Waals surface area contributed by atoms with Gasteiger partial charge in [0.2, 0.25) is 0 Å². The summed E-state index contributed by atoms with van der Waals surface area (Å²) in [5, 5.41) is 3.20. The van der Waals surface area contributed by atoms with Gasteiger partial charge in [-0.05, 0) is 65.3 Å². The summed E-state index contributed by atoms with van der Waals surface area (Å²) in [7, 11) is 0. The molecule has 1 amide bonds. The van der Waals surface area contributed by atoms with Gasteiger partial charge in [0.1, 0.15) is 11.5 Å². The standard InChI is InChI=1S/C22H25FN2O/c1-13-18(25-21(26)17-6-4-5-11-24-17)12-16-19(20(13)22(16,2)3)14-7-9-15(23)10-8-14/h4-11,13,16,18-20H,12H2,1-3H3,(H,25,26)/t13-,16+,18+,19-,20-/m0/s1. The van der Waals surface area contributed by atoms with E-state index in [0.29, 0.717) is 29.4 Å². The van der Waals surface area contributed by atoms with E-state index >= 15 is 0 Å². The van der Waals surface area contributed by atoms with Crippen LogP contribution >= 0.6 is 0 Å². The topological polar surface area (TPSA) is 42.0 Å². The number of carbonyl (C=O) groups excluding carboxylic acids is 1. The quantitative estimate of drug-likeness (QED) is 0.889. The molecule has 1 heterocycles. The summed E-state index contributed by atoms with van der Waals surface area (Å²) < 4.78 is 13.3. The van der Waals surface area contributed by atoms with Crippen molar-refractivity contribution in [3.8, 4) is 0 Å². The van der Waals surface area contributed by atoms with Crippen molar-refractivity contribution in [1.29, 1.82) is 0 Å². The summed E-state index contributed by atoms with van der Waals surface area (Å²) >= 11 is 0. The zero-order valence-corrected chi connectivity index (χ0v) is 15.4. The number of halogens is 1. The highest BCUT2D eigenvalue weighted by Gasteiger charge is 2.63. The third-order valence-corrected chi connectivity index (χ3v) is 6.81. The molecule has 0 radical (unpaired) electrons. The van der Waals surface area contributed by atoms with Crippen LogP contribution in [0.15, 0.2) is 48.7 Å². The fourth-order valence-corrected chi connectivity index (χ4v) is 5.55. The fourth-order valence-electron chi connectivity index (χ4n) is 5.55. The van der Waals surface area contributed by atoms with Crippen molar-refractivity contribution in [2.75, 3.05) is 0 Å². The summed E-state index contributed by atoms with van der Waals surface area (Å²) in [6.45, 7) is 6.90. The lowest BCUT2D eigenvalue weighted by Gasteiger charge is -2.67. The van der Waals surface area contributed by atoms with Gasteiger partial charge in [0.15, 0.2) is 0 Å². The number of fused-ring (bicyclic) bond motifs is 2. The van der Waals surface area contributed by atoms with Gasteiger partial charge in [-0.15, -0.1) is 0 Å². The van der Waals surface area contributed by atoms with Crippen molar-refractivity contribution < 1.29 is 9.18 Å². The van der Waals surface area contributed by atoms with E-state index in [1.165, 1.54) is 5.56 Å². The molecule has 2 bridgehead atoms. The van der Waals surface area contributed by atoms with E-state index in [-0.39, 0.29) is 23.2 Å². The lowest BCUT2D eigenvalue weighted by Crippen LogP contribution is -2.64. The second kappa shape index (κ2) is 6.19. The van der Waals surface area contributed by atoms with Gasteiger partial charge in [0.05, 0.1) is 0 Å². The highest BCUT2D eigenvalue weighted by atomic mass is 19.1. The Kier molecular flexibility index (Phi) is 4.09. The molecular formula is C22H25FN2O. The van der Waals surface area contributed by atoms with E-state index in [0.717, 1.165) is 6.42 Å². The number of hydrogen-bond acceptors (Lipinski definition) is 2. The van der Waals surface area contributed by atoms with Crippen LogP contribution < -0.4 is 5.32 Å². The van der Waals surface area contributed by atoms with E-state index < -0.39 is 0 Å². The van der Waals surface area contributed by atoms with Crippen molar-refractivity contribution in [2.45, 2.75) is 39.2 Å². The SMILES string of the molecule is C[C@@H]1[C@H]2[C@@H](c3ccc(F)cc3)[C@@H](C[C@H]1NC(=O)c1ccccn1)C2(C)C. The maximum absolute atomic E-state index is 13.3. The van der Waals surface area contributed by atoms with Crippen LogP contribution in [-0.4, -0.2) is 16.9 Å². The first kappa shape index (κ1) is 17.2. The predicted octanol–water partition coefficient (Wildman–Crippen LogP) is 4.41. The van der Waals surface area contributed by atoms with Gasteiger partial charge in [-0.3, -0.25) is 9.78 Å². The third kappa shape index (κ3) is 2.63. The predicted molar refractivity (Wildman–Crippen MR) is 99.2 cm³/mol. The van der Waals surface area contributed by atoms with E-state index in [1.807, 2.05) is 24.3 Å². The molecule has 0 unspecified atom stereocenters. The van der Waals surface area contributed by atoms with Crippen LogP contribution in [0.5, 0.6) is 0 Å². The molecule has 1 N–H and O–H groups in total. The maximum Gasteiger partial charge on any atom is 0.270 e. The number of rotatable bonds is 3. The Labute approximate surface area is 154 Å². The van der Waals surface area contributed by atoms with Gasteiger partial charge in [-0.1, -0.05) is 39.0 Å². The Balaban J connectivity index is 1.53. The molecular weight excluding hydrogens is 327 g/mol. The molecule has 1 aromatic carbocycles. The molecule has 2 aliphatic rings. The summed E-state index contributed by atoms with van der Waals surface area (Å²) in [4.78, 5) is 16.7. The number of carbonyl (C=O) groups is 1. The summed E-state index contributed by atoms with van der Waals surface area (Å²) in [5.74, 6) is 1.48. The second-order valence-electron chi connectivity index (χ2n) is 8.42. The Morgan fingerprint density at radius 3 is 2.54 bits per heavy atom. The minimum Gasteiger partial charge on any atom is -0.348 e. The van der Waals surface area contributed by atoms with Crippen LogP contribution in [0.3, 0.4) is 0 Å². The molecule has 2 saturated carbocycles. The number of amides is 1. The first-order valence-electron chi connectivity index (χ1n) is 9.37. The molecule has 136 valence electrons. The van der Waals surface area contributed by atoms with Crippen LogP contribution in [0, 0.1) is 29.0 Å². The minimum absolute atomic E-state index is 0.0973. The van der Waals surface area contributed by atoms with E-state index in [1.54, 1.807) is 24.4 Å². The molecule has 2 aromatic rings. The first-order valence-corrected chi connectivity index (χ1v) is 9.37. The van der Waals surface area contributed by atoms with Crippen molar-refractivity contribution >= 4 is 5.91 Å². The molecule has 1 aromatic heterocycles. The van der Waals surface area contributed by atoms with Crippen molar-refractivity contribution in [2.24, 2.45) is 23.2 Å². The van der Waals surface area contributed by atoms with E-state index in [4.69, 9.17) is 0 Å². The smallest absolute Gasteiger partial charge is 0.270 e. The molecule has 0 saturated heterocycles. The van der Waals surface area contributed by atoms with Gasteiger partial charge < -0.3 is 5.32 Å². The van der Waals surface area contributed by atoms with Gasteiger partial charge in [-0.25, -0.2) is 4.39 Å². The zero-order valence-electron chi connectivity index (χ0n) is 15.4.